The molecule has 0 N–H and O–H groups in total. The highest BCUT2D eigenvalue weighted by atomic mass is 31.2. The van der Waals surface area contributed by atoms with Gasteiger partial charge in [-0.2, -0.15) is 0 Å². The Bertz CT molecular complexity index is 809. The smallest absolute Gasteiger partial charge is 0.409 e. The van der Waals surface area contributed by atoms with Crippen molar-refractivity contribution >= 4 is 8.60 Å². The average Bonchev–Trinajstić information content (AvgIpc) is 2.87. The van der Waals surface area contributed by atoms with Crippen LogP contribution in [0.3, 0.4) is 0 Å². The minimum Gasteiger partial charge on any atom is -0.409 e. The van der Waals surface area contributed by atoms with Gasteiger partial charge in [0.2, 0.25) is 0 Å². The molecule has 0 heterocycles. The maximum absolute atomic E-state index is 6.19. The van der Waals surface area contributed by atoms with Gasteiger partial charge < -0.3 is 13.6 Å². The average molecular weight is 479 g/mol. The van der Waals surface area contributed by atoms with E-state index in [-0.39, 0.29) is 0 Å². The Balaban J connectivity index is 1.69. The Hall–Kier alpha value is -2.51. The second kappa shape index (κ2) is 14.7. The van der Waals surface area contributed by atoms with Crippen molar-refractivity contribution in [3.63, 3.8) is 0 Å². The standard InChI is InChI=1S/C30H39O3P/c1-4-7-10-25-13-19-28(20-14-25)31-34(32-29-21-15-26(16-22-29)11-8-5-2)33-30-23-17-27(18-24-30)12-9-6-3/h13-24H,4-12H2,1-3H3. The first kappa shape index (κ1) is 26.1. The first-order valence-corrected chi connectivity index (χ1v) is 13.9. The summed E-state index contributed by atoms with van der Waals surface area (Å²) in [4.78, 5) is 0. The summed E-state index contributed by atoms with van der Waals surface area (Å²) in [5.74, 6) is 2.27. The second-order valence-electron chi connectivity index (χ2n) is 8.74. The zero-order valence-corrected chi connectivity index (χ0v) is 21.9. The molecular formula is C30H39O3P. The van der Waals surface area contributed by atoms with E-state index in [0.29, 0.717) is 0 Å². The fourth-order valence-corrected chi connectivity index (χ4v) is 4.60. The molecule has 4 heteroatoms. The Morgan fingerprint density at radius 1 is 0.441 bits per heavy atom. The summed E-state index contributed by atoms with van der Waals surface area (Å²) in [6.07, 6.45) is 10.4. The van der Waals surface area contributed by atoms with E-state index in [0.717, 1.165) is 36.5 Å². The SMILES string of the molecule is CCCCc1ccc(OP(Oc2ccc(CCCC)cc2)Oc2ccc(CCCC)cc2)cc1. The lowest BCUT2D eigenvalue weighted by Crippen LogP contribution is -2.02. The highest BCUT2D eigenvalue weighted by Gasteiger charge is 2.20. The number of unbranched alkanes of at least 4 members (excludes halogenated alkanes) is 3. The van der Waals surface area contributed by atoms with Crippen LogP contribution < -0.4 is 13.6 Å². The summed E-state index contributed by atoms with van der Waals surface area (Å²) >= 11 is 0. The second-order valence-corrected chi connectivity index (χ2v) is 9.73. The van der Waals surface area contributed by atoms with E-state index in [9.17, 15) is 0 Å². The third-order valence-electron chi connectivity index (χ3n) is 5.77. The van der Waals surface area contributed by atoms with E-state index < -0.39 is 8.60 Å². The van der Waals surface area contributed by atoms with E-state index in [1.54, 1.807) is 0 Å². The van der Waals surface area contributed by atoms with Crippen molar-refractivity contribution in [2.75, 3.05) is 0 Å². The molecule has 0 aliphatic rings. The molecule has 3 aromatic rings. The molecule has 3 nitrogen and oxygen atoms in total. The van der Waals surface area contributed by atoms with Gasteiger partial charge in [-0.25, -0.2) is 0 Å². The third kappa shape index (κ3) is 9.03. The summed E-state index contributed by atoms with van der Waals surface area (Å²) in [6, 6.07) is 24.8. The summed E-state index contributed by atoms with van der Waals surface area (Å²) in [7, 11) is -1.65. The fraction of sp³-hybridized carbons (Fsp3) is 0.400. The van der Waals surface area contributed by atoms with Crippen LogP contribution in [0.1, 0.15) is 76.0 Å². The van der Waals surface area contributed by atoms with Gasteiger partial charge in [0.15, 0.2) is 0 Å². The minimum atomic E-state index is -1.65. The van der Waals surface area contributed by atoms with Crippen LogP contribution in [0.4, 0.5) is 0 Å². The number of benzene rings is 3. The van der Waals surface area contributed by atoms with E-state index in [2.05, 4.69) is 57.2 Å². The summed E-state index contributed by atoms with van der Waals surface area (Å²) in [5, 5.41) is 0. The van der Waals surface area contributed by atoms with Crippen LogP contribution >= 0.6 is 8.60 Å². The van der Waals surface area contributed by atoms with E-state index in [4.69, 9.17) is 13.6 Å². The third-order valence-corrected chi connectivity index (χ3v) is 6.85. The van der Waals surface area contributed by atoms with Crippen molar-refractivity contribution in [1.82, 2.24) is 0 Å². The van der Waals surface area contributed by atoms with E-state index in [1.807, 2.05) is 36.4 Å². The fourth-order valence-electron chi connectivity index (χ4n) is 3.61. The molecule has 0 atom stereocenters. The topological polar surface area (TPSA) is 27.7 Å². The van der Waals surface area contributed by atoms with Gasteiger partial charge in [0, 0.05) is 0 Å². The molecular weight excluding hydrogens is 439 g/mol. The Labute approximate surface area is 207 Å². The number of aryl methyl sites for hydroxylation is 3. The molecule has 0 saturated carbocycles. The maximum Gasteiger partial charge on any atom is 0.530 e. The van der Waals surface area contributed by atoms with Crippen LogP contribution in [-0.4, -0.2) is 0 Å². The molecule has 0 fully saturated rings. The number of rotatable bonds is 15. The van der Waals surface area contributed by atoms with Crippen molar-refractivity contribution in [1.29, 1.82) is 0 Å². The van der Waals surface area contributed by atoms with Crippen LogP contribution in [0.25, 0.3) is 0 Å². The molecule has 0 unspecified atom stereocenters. The van der Waals surface area contributed by atoms with Crippen LogP contribution in [0.2, 0.25) is 0 Å². The summed E-state index contributed by atoms with van der Waals surface area (Å²) in [6.45, 7) is 6.64. The van der Waals surface area contributed by atoms with E-state index >= 15 is 0 Å². The lowest BCUT2D eigenvalue weighted by atomic mass is 10.1. The zero-order chi connectivity index (χ0) is 24.0. The highest BCUT2D eigenvalue weighted by Crippen LogP contribution is 2.42. The van der Waals surface area contributed by atoms with Gasteiger partial charge in [-0.05, 0) is 91.6 Å². The molecule has 0 aliphatic heterocycles. The maximum atomic E-state index is 6.19. The van der Waals surface area contributed by atoms with Crippen LogP contribution in [0.5, 0.6) is 17.2 Å². The van der Waals surface area contributed by atoms with Gasteiger partial charge in [-0.1, -0.05) is 76.4 Å². The zero-order valence-electron chi connectivity index (χ0n) is 21.0. The quantitative estimate of drug-likeness (QED) is 0.204. The Morgan fingerprint density at radius 2 is 0.706 bits per heavy atom. The van der Waals surface area contributed by atoms with Crippen molar-refractivity contribution in [2.24, 2.45) is 0 Å². The van der Waals surface area contributed by atoms with Crippen molar-refractivity contribution < 1.29 is 13.6 Å². The predicted octanol–water partition coefficient (Wildman–Crippen LogP) is 9.48. The lowest BCUT2D eigenvalue weighted by Gasteiger charge is -2.18. The molecule has 0 aromatic heterocycles. The molecule has 182 valence electrons. The first-order valence-electron chi connectivity index (χ1n) is 12.8. The lowest BCUT2D eigenvalue weighted by molar-refractivity contribution is 0.388. The molecule has 0 spiro atoms. The number of hydrogen-bond donors (Lipinski definition) is 0. The molecule has 34 heavy (non-hydrogen) atoms. The van der Waals surface area contributed by atoms with Crippen molar-refractivity contribution in [3.05, 3.63) is 89.5 Å². The van der Waals surface area contributed by atoms with Crippen LogP contribution in [-0.2, 0) is 19.3 Å². The largest absolute Gasteiger partial charge is 0.530 e. The van der Waals surface area contributed by atoms with Crippen molar-refractivity contribution in [2.45, 2.75) is 78.6 Å². The first-order chi connectivity index (χ1) is 16.7. The molecule has 3 aromatic carbocycles. The van der Waals surface area contributed by atoms with Crippen molar-refractivity contribution in [3.8, 4) is 17.2 Å². The highest BCUT2D eigenvalue weighted by molar-refractivity contribution is 7.43. The summed E-state index contributed by atoms with van der Waals surface area (Å²) in [5.41, 5.74) is 3.97. The Morgan fingerprint density at radius 3 is 0.941 bits per heavy atom. The van der Waals surface area contributed by atoms with Gasteiger partial charge >= 0.3 is 8.60 Å². The predicted molar refractivity (Wildman–Crippen MR) is 144 cm³/mol. The van der Waals surface area contributed by atoms with E-state index in [1.165, 1.54) is 55.2 Å². The van der Waals surface area contributed by atoms with Crippen LogP contribution in [0, 0.1) is 0 Å². The normalized spacial score (nSPS) is 10.9. The van der Waals surface area contributed by atoms with Gasteiger partial charge in [-0.3, -0.25) is 0 Å². The molecule has 0 radical (unpaired) electrons. The number of hydrogen-bond acceptors (Lipinski definition) is 3. The Kier molecular flexibility index (Phi) is 11.3. The monoisotopic (exact) mass is 478 g/mol. The molecule has 0 aliphatic carbocycles. The minimum absolute atomic E-state index is 0.755. The van der Waals surface area contributed by atoms with Gasteiger partial charge in [-0.15, -0.1) is 0 Å². The summed E-state index contributed by atoms with van der Waals surface area (Å²) < 4.78 is 18.6. The molecule has 3 rings (SSSR count). The van der Waals surface area contributed by atoms with Gasteiger partial charge in [0.1, 0.15) is 17.2 Å². The molecule has 0 bridgehead atoms. The van der Waals surface area contributed by atoms with Gasteiger partial charge in [0.25, 0.3) is 0 Å². The molecule has 0 amide bonds. The molecule has 0 saturated heterocycles. The van der Waals surface area contributed by atoms with Gasteiger partial charge in [0.05, 0.1) is 0 Å². The van der Waals surface area contributed by atoms with Crippen LogP contribution in [0.15, 0.2) is 72.8 Å².